The molecule has 0 fully saturated rings. The Labute approximate surface area is 143 Å². The second kappa shape index (κ2) is 8.92. The van der Waals surface area contributed by atoms with E-state index in [0.717, 1.165) is 30.1 Å². The number of para-hydroxylation sites is 1. The van der Waals surface area contributed by atoms with E-state index in [2.05, 4.69) is 65.6 Å². The van der Waals surface area contributed by atoms with E-state index in [4.69, 9.17) is 0 Å². The fraction of sp³-hybridized carbons (Fsp3) is 0.438. The molecule has 1 aromatic heterocycles. The van der Waals surface area contributed by atoms with Gasteiger partial charge in [-0.1, -0.05) is 25.1 Å². The standard InChI is InChI=1S/C16H24N4.HI/c1-4-12(3)19-16(17-5-2)18-11-14-10-13-8-6-7-9-15(13)20-14;/h6-10,12,20H,4-5,11H2,1-3H3,(H2,17,18,19);1H. The molecular formula is C16H25IN4. The molecule has 0 bridgehead atoms. The van der Waals surface area contributed by atoms with Gasteiger partial charge >= 0.3 is 0 Å². The lowest BCUT2D eigenvalue weighted by Crippen LogP contribution is -2.41. The van der Waals surface area contributed by atoms with Crippen molar-refractivity contribution in [3.8, 4) is 0 Å². The van der Waals surface area contributed by atoms with Gasteiger partial charge in [0.05, 0.1) is 6.54 Å². The summed E-state index contributed by atoms with van der Waals surface area (Å²) in [5.41, 5.74) is 2.30. The summed E-state index contributed by atoms with van der Waals surface area (Å²) in [6, 6.07) is 10.9. The van der Waals surface area contributed by atoms with Crippen LogP contribution in [0.2, 0.25) is 0 Å². The highest BCUT2D eigenvalue weighted by Gasteiger charge is 2.03. The number of nitrogens with one attached hydrogen (secondary N) is 3. The molecule has 0 amide bonds. The van der Waals surface area contributed by atoms with Crippen molar-refractivity contribution in [2.75, 3.05) is 6.54 Å². The minimum Gasteiger partial charge on any atom is -0.357 e. The molecule has 116 valence electrons. The van der Waals surface area contributed by atoms with Gasteiger partial charge in [0.15, 0.2) is 5.96 Å². The van der Waals surface area contributed by atoms with Crippen LogP contribution in [0.1, 0.15) is 32.9 Å². The quantitative estimate of drug-likeness (QED) is 0.408. The maximum atomic E-state index is 4.63. The van der Waals surface area contributed by atoms with E-state index >= 15 is 0 Å². The van der Waals surface area contributed by atoms with Crippen LogP contribution >= 0.6 is 24.0 Å². The van der Waals surface area contributed by atoms with E-state index in [1.165, 1.54) is 5.39 Å². The fourth-order valence-electron chi connectivity index (χ4n) is 2.04. The Morgan fingerprint density at radius 1 is 1.29 bits per heavy atom. The second-order valence-electron chi connectivity index (χ2n) is 5.03. The zero-order chi connectivity index (χ0) is 14.4. The van der Waals surface area contributed by atoms with E-state index in [1.54, 1.807) is 0 Å². The number of benzene rings is 1. The van der Waals surface area contributed by atoms with Crippen molar-refractivity contribution in [2.45, 2.75) is 39.8 Å². The molecule has 1 heterocycles. The molecule has 21 heavy (non-hydrogen) atoms. The number of H-pyrrole nitrogens is 1. The lowest BCUT2D eigenvalue weighted by atomic mass is 10.2. The minimum absolute atomic E-state index is 0. The highest BCUT2D eigenvalue weighted by molar-refractivity contribution is 14.0. The van der Waals surface area contributed by atoms with E-state index in [9.17, 15) is 0 Å². The number of aliphatic imine (C=N–C) groups is 1. The van der Waals surface area contributed by atoms with Crippen LogP contribution < -0.4 is 10.6 Å². The molecule has 0 aliphatic carbocycles. The van der Waals surface area contributed by atoms with Crippen molar-refractivity contribution in [3.63, 3.8) is 0 Å². The van der Waals surface area contributed by atoms with Crippen LogP contribution in [-0.4, -0.2) is 23.5 Å². The lowest BCUT2D eigenvalue weighted by molar-refractivity contribution is 0.624. The monoisotopic (exact) mass is 400 g/mol. The van der Waals surface area contributed by atoms with E-state index in [0.29, 0.717) is 12.6 Å². The molecule has 0 spiro atoms. The maximum absolute atomic E-state index is 4.63. The van der Waals surface area contributed by atoms with Crippen molar-refractivity contribution in [2.24, 2.45) is 4.99 Å². The molecule has 5 heteroatoms. The maximum Gasteiger partial charge on any atom is 0.191 e. The molecule has 0 saturated heterocycles. The van der Waals surface area contributed by atoms with Gasteiger partial charge in [0, 0.05) is 23.8 Å². The zero-order valence-electron chi connectivity index (χ0n) is 12.9. The molecule has 2 rings (SSSR count). The second-order valence-corrected chi connectivity index (χ2v) is 5.03. The summed E-state index contributed by atoms with van der Waals surface area (Å²) >= 11 is 0. The third-order valence-electron chi connectivity index (χ3n) is 3.33. The summed E-state index contributed by atoms with van der Waals surface area (Å²) < 4.78 is 0. The Balaban J connectivity index is 0.00000220. The lowest BCUT2D eigenvalue weighted by Gasteiger charge is -2.15. The Morgan fingerprint density at radius 3 is 2.71 bits per heavy atom. The Kier molecular flexibility index (Phi) is 7.56. The molecule has 1 aromatic carbocycles. The number of halogens is 1. The molecule has 1 unspecified atom stereocenters. The van der Waals surface area contributed by atoms with Gasteiger partial charge in [0.2, 0.25) is 0 Å². The van der Waals surface area contributed by atoms with Crippen LogP contribution in [0.5, 0.6) is 0 Å². The Morgan fingerprint density at radius 2 is 2.05 bits per heavy atom. The number of rotatable bonds is 5. The van der Waals surface area contributed by atoms with Gasteiger partial charge in [0.1, 0.15) is 0 Å². The first kappa shape index (κ1) is 17.8. The SMILES string of the molecule is CCNC(=NCc1cc2ccccc2[nH]1)NC(C)CC.I. The van der Waals surface area contributed by atoms with Gasteiger partial charge < -0.3 is 15.6 Å². The summed E-state index contributed by atoms with van der Waals surface area (Å²) in [7, 11) is 0. The van der Waals surface area contributed by atoms with Gasteiger partial charge in [0.25, 0.3) is 0 Å². The van der Waals surface area contributed by atoms with Crippen LogP contribution in [-0.2, 0) is 6.54 Å². The first-order valence-electron chi connectivity index (χ1n) is 7.34. The smallest absolute Gasteiger partial charge is 0.191 e. The largest absolute Gasteiger partial charge is 0.357 e. The number of fused-ring (bicyclic) bond motifs is 1. The van der Waals surface area contributed by atoms with Gasteiger partial charge in [-0.2, -0.15) is 0 Å². The molecule has 0 aliphatic heterocycles. The zero-order valence-corrected chi connectivity index (χ0v) is 15.3. The molecular weight excluding hydrogens is 375 g/mol. The predicted octanol–water partition coefficient (Wildman–Crippen LogP) is 3.64. The molecule has 0 aliphatic rings. The van der Waals surface area contributed by atoms with Crippen molar-refractivity contribution < 1.29 is 0 Å². The number of nitrogens with zero attached hydrogens (tertiary/aromatic N) is 1. The summed E-state index contributed by atoms with van der Waals surface area (Å²) in [5, 5.41) is 7.91. The van der Waals surface area contributed by atoms with Crippen molar-refractivity contribution >= 4 is 40.8 Å². The van der Waals surface area contributed by atoms with E-state index in [1.807, 2.05) is 6.07 Å². The van der Waals surface area contributed by atoms with Crippen molar-refractivity contribution in [1.82, 2.24) is 15.6 Å². The van der Waals surface area contributed by atoms with Gasteiger partial charge in [-0.3, -0.25) is 0 Å². The fourth-order valence-corrected chi connectivity index (χ4v) is 2.04. The van der Waals surface area contributed by atoms with Crippen LogP contribution in [0.15, 0.2) is 35.3 Å². The van der Waals surface area contributed by atoms with E-state index < -0.39 is 0 Å². The van der Waals surface area contributed by atoms with Crippen LogP contribution in [0.3, 0.4) is 0 Å². The third-order valence-corrected chi connectivity index (χ3v) is 3.33. The molecule has 1 atom stereocenters. The highest BCUT2D eigenvalue weighted by Crippen LogP contribution is 2.14. The van der Waals surface area contributed by atoms with Crippen LogP contribution in [0.25, 0.3) is 10.9 Å². The number of aromatic nitrogens is 1. The van der Waals surface area contributed by atoms with E-state index in [-0.39, 0.29) is 24.0 Å². The average Bonchev–Trinajstić information content (AvgIpc) is 2.87. The minimum atomic E-state index is 0. The number of hydrogen-bond acceptors (Lipinski definition) is 1. The summed E-state index contributed by atoms with van der Waals surface area (Å²) in [5.74, 6) is 0.875. The van der Waals surface area contributed by atoms with Crippen LogP contribution in [0, 0.1) is 0 Å². The average molecular weight is 400 g/mol. The molecule has 0 saturated carbocycles. The summed E-state index contributed by atoms with van der Waals surface area (Å²) in [6.07, 6.45) is 1.08. The first-order valence-corrected chi connectivity index (χ1v) is 7.34. The summed E-state index contributed by atoms with van der Waals surface area (Å²) in [6.45, 7) is 7.93. The van der Waals surface area contributed by atoms with Crippen molar-refractivity contribution in [3.05, 3.63) is 36.0 Å². The number of aromatic amines is 1. The molecule has 2 aromatic rings. The molecule has 0 radical (unpaired) electrons. The van der Waals surface area contributed by atoms with Gasteiger partial charge in [-0.05, 0) is 37.8 Å². The Bertz CT molecular complexity index is 543. The molecule has 3 N–H and O–H groups in total. The first-order chi connectivity index (χ1) is 9.72. The third kappa shape index (κ3) is 5.22. The predicted molar refractivity (Wildman–Crippen MR) is 101 cm³/mol. The Hall–Kier alpha value is -1.24. The normalized spacial score (nSPS) is 12.8. The van der Waals surface area contributed by atoms with Crippen LogP contribution in [0.4, 0.5) is 0 Å². The summed E-state index contributed by atoms with van der Waals surface area (Å²) in [4.78, 5) is 8.03. The van der Waals surface area contributed by atoms with Crippen molar-refractivity contribution in [1.29, 1.82) is 0 Å². The highest BCUT2D eigenvalue weighted by atomic mass is 127. The topological polar surface area (TPSA) is 52.2 Å². The number of guanidine groups is 1. The van der Waals surface area contributed by atoms with Gasteiger partial charge in [-0.25, -0.2) is 4.99 Å². The van der Waals surface area contributed by atoms with Gasteiger partial charge in [-0.15, -0.1) is 24.0 Å². The number of hydrogen-bond donors (Lipinski definition) is 3. The molecule has 4 nitrogen and oxygen atoms in total.